The van der Waals surface area contributed by atoms with Crippen LogP contribution in [-0.4, -0.2) is 35.3 Å². The Balaban J connectivity index is 1.54. The average molecular weight is 462 g/mol. The molecular weight excluding hydrogens is 443 g/mol. The number of carbonyl (C=O) groups is 1. The molecule has 0 atom stereocenters. The van der Waals surface area contributed by atoms with Gasteiger partial charge in [-0.25, -0.2) is 22.9 Å². The summed E-state index contributed by atoms with van der Waals surface area (Å²) in [4.78, 5) is 26.0. The summed E-state index contributed by atoms with van der Waals surface area (Å²) >= 11 is 0. The van der Waals surface area contributed by atoms with Crippen molar-refractivity contribution < 1.29 is 22.5 Å². The highest BCUT2D eigenvalue weighted by molar-refractivity contribution is 7.89. The number of halogens is 1. The molecule has 0 bridgehead atoms. The number of rotatable bonds is 9. The summed E-state index contributed by atoms with van der Waals surface area (Å²) in [5.74, 6) is -0.827. The van der Waals surface area contributed by atoms with Crippen LogP contribution < -0.4 is 15.8 Å². The number of nitro groups is 1. The van der Waals surface area contributed by atoms with Crippen LogP contribution in [-0.2, 0) is 21.4 Å². The minimum Gasteiger partial charge on any atom is -0.379 e. The molecule has 13 heteroatoms. The first-order valence-corrected chi connectivity index (χ1v) is 10.8. The van der Waals surface area contributed by atoms with Crippen LogP contribution >= 0.6 is 0 Å². The van der Waals surface area contributed by atoms with Crippen LogP contribution in [0.1, 0.15) is 12.0 Å². The third kappa shape index (κ3) is 5.65. The predicted molar refractivity (Wildman–Crippen MR) is 113 cm³/mol. The molecule has 1 aromatic heterocycles. The number of benzene rings is 2. The lowest BCUT2D eigenvalue weighted by Gasteiger charge is -2.10. The number of nitrogens with one attached hydrogen (secondary N) is 2. The van der Waals surface area contributed by atoms with Gasteiger partial charge in [-0.15, -0.1) is 0 Å². The zero-order chi connectivity index (χ0) is 23.3. The van der Waals surface area contributed by atoms with Crippen molar-refractivity contribution in [3.63, 3.8) is 0 Å². The van der Waals surface area contributed by atoms with Crippen molar-refractivity contribution in [3.8, 4) is 5.69 Å². The summed E-state index contributed by atoms with van der Waals surface area (Å²) in [5.41, 5.74) is 0.455. The number of sulfonamides is 1. The Kier molecular flexibility index (Phi) is 6.80. The summed E-state index contributed by atoms with van der Waals surface area (Å²) in [6.07, 6.45) is 4.59. The van der Waals surface area contributed by atoms with Crippen LogP contribution in [0.5, 0.6) is 0 Å². The van der Waals surface area contributed by atoms with Crippen LogP contribution in [0, 0.1) is 15.9 Å². The van der Waals surface area contributed by atoms with Gasteiger partial charge in [0, 0.05) is 38.0 Å². The van der Waals surface area contributed by atoms with E-state index in [4.69, 9.17) is 5.14 Å². The average Bonchev–Trinajstić information content (AvgIpc) is 3.26. The SMILES string of the molecule is NS(=O)(=O)c1ccc(NCCC(=O)NCc2ccc(-n3ccnc3)c(F)c2)c([N+](=O)[O-])c1. The van der Waals surface area contributed by atoms with Crippen molar-refractivity contribution in [2.45, 2.75) is 17.9 Å². The molecule has 2 aromatic carbocycles. The topological polar surface area (TPSA) is 162 Å². The Morgan fingerprint density at radius 2 is 2.03 bits per heavy atom. The highest BCUT2D eigenvalue weighted by Gasteiger charge is 2.19. The molecule has 0 aliphatic heterocycles. The summed E-state index contributed by atoms with van der Waals surface area (Å²) in [7, 11) is -4.09. The number of nitrogens with two attached hydrogens (primary N) is 1. The number of amides is 1. The highest BCUT2D eigenvalue weighted by atomic mass is 32.2. The first kappa shape index (κ1) is 22.8. The molecule has 0 fully saturated rings. The van der Waals surface area contributed by atoms with Gasteiger partial charge < -0.3 is 15.2 Å². The molecule has 4 N–H and O–H groups in total. The summed E-state index contributed by atoms with van der Waals surface area (Å²) in [5, 5.41) is 21.6. The van der Waals surface area contributed by atoms with Gasteiger partial charge in [-0.05, 0) is 29.8 Å². The second kappa shape index (κ2) is 9.53. The van der Waals surface area contributed by atoms with Crippen molar-refractivity contribution in [2.75, 3.05) is 11.9 Å². The number of primary sulfonamides is 1. The summed E-state index contributed by atoms with van der Waals surface area (Å²) in [6.45, 7) is 0.151. The van der Waals surface area contributed by atoms with Gasteiger partial charge in [-0.1, -0.05) is 6.07 Å². The van der Waals surface area contributed by atoms with E-state index < -0.39 is 31.3 Å². The maximum Gasteiger partial charge on any atom is 0.293 e. The zero-order valence-corrected chi connectivity index (χ0v) is 17.4. The minimum atomic E-state index is -4.09. The Morgan fingerprint density at radius 1 is 1.25 bits per heavy atom. The van der Waals surface area contributed by atoms with Crippen molar-refractivity contribution >= 4 is 27.3 Å². The quantitative estimate of drug-likeness (QED) is 0.322. The van der Waals surface area contributed by atoms with E-state index in [1.165, 1.54) is 29.2 Å². The van der Waals surface area contributed by atoms with Crippen molar-refractivity contribution in [3.05, 3.63) is 76.6 Å². The second-order valence-corrected chi connectivity index (χ2v) is 8.25. The van der Waals surface area contributed by atoms with Gasteiger partial charge in [0.15, 0.2) is 0 Å². The maximum atomic E-state index is 14.3. The smallest absolute Gasteiger partial charge is 0.293 e. The molecule has 0 aliphatic carbocycles. The van der Waals surface area contributed by atoms with Crippen LogP contribution in [0.15, 0.2) is 60.0 Å². The normalized spacial score (nSPS) is 11.2. The molecule has 0 saturated carbocycles. The fourth-order valence-corrected chi connectivity index (χ4v) is 3.39. The van der Waals surface area contributed by atoms with Gasteiger partial charge in [0.1, 0.15) is 11.5 Å². The first-order chi connectivity index (χ1) is 15.1. The molecule has 3 rings (SSSR count). The molecule has 168 valence electrons. The van der Waals surface area contributed by atoms with Gasteiger partial charge >= 0.3 is 0 Å². The van der Waals surface area contributed by atoms with Crippen LogP contribution in [0.4, 0.5) is 15.8 Å². The van der Waals surface area contributed by atoms with E-state index in [2.05, 4.69) is 15.6 Å². The van der Waals surface area contributed by atoms with Crippen LogP contribution in [0.25, 0.3) is 5.69 Å². The number of aromatic nitrogens is 2. The second-order valence-electron chi connectivity index (χ2n) is 6.69. The number of anilines is 1. The van der Waals surface area contributed by atoms with Crippen molar-refractivity contribution in [1.82, 2.24) is 14.9 Å². The number of carbonyl (C=O) groups excluding carboxylic acids is 1. The third-order valence-electron chi connectivity index (χ3n) is 4.45. The van der Waals surface area contributed by atoms with Gasteiger partial charge in [0.2, 0.25) is 15.9 Å². The zero-order valence-electron chi connectivity index (χ0n) is 16.6. The molecule has 1 heterocycles. The highest BCUT2D eigenvalue weighted by Crippen LogP contribution is 2.27. The van der Waals surface area contributed by atoms with Crippen LogP contribution in [0.2, 0.25) is 0 Å². The Hall–Kier alpha value is -3.84. The molecule has 1 amide bonds. The van der Waals surface area contributed by atoms with E-state index in [0.29, 0.717) is 11.3 Å². The Morgan fingerprint density at radius 3 is 2.66 bits per heavy atom. The number of hydrogen-bond acceptors (Lipinski definition) is 7. The lowest BCUT2D eigenvalue weighted by Crippen LogP contribution is -2.25. The monoisotopic (exact) mass is 462 g/mol. The minimum absolute atomic E-state index is 0.0241. The van der Waals surface area contributed by atoms with Crippen LogP contribution in [0.3, 0.4) is 0 Å². The molecular formula is C19H19FN6O5S. The largest absolute Gasteiger partial charge is 0.379 e. The summed E-state index contributed by atoms with van der Waals surface area (Å²) in [6, 6.07) is 7.74. The Bertz CT molecular complexity index is 1250. The van der Waals surface area contributed by atoms with E-state index in [9.17, 15) is 27.7 Å². The lowest BCUT2D eigenvalue weighted by molar-refractivity contribution is -0.384. The van der Waals surface area contributed by atoms with E-state index in [1.807, 2.05) is 0 Å². The standard InChI is InChI=1S/C19H19FN6O5S/c20-15-9-13(1-4-17(15)25-8-7-22-12-25)11-24-19(27)5-6-23-16-3-2-14(32(21,30)31)10-18(16)26(28)29/h1-4,7-10,12,23H,5-6,11H2,(H,24,27)(H2,21,30,31). The van der Waals surface area contributed by atoms with Gasteiger partial charge in [0.25, 0.3) is 5.69 Å². The number of hydrogen-bond donors (Lipinski definition) is 3. The fourth-order valence-electron chi connectivity index (χ4n) is 2.86. The third-order valence-corrected chi connectivity index (χ3v) is 5.36. The molecule has 3 aromatic rings. The molecule has 11 nitrogen and oxygen atoms in total. The molecule has 0 radical (unpaired) electrons. The maximum absolute atomic E-state index is 14.3. The molecule has 0 aliphatic rings. The summed E-state index contributed by atoms with van der Waals surface area (Å²) < 4.78 is 38.5. The molecule has 0 saturated heterocycles. The molecule has 32 heavy (non-hydrogen) atoms. The first-order valence-electron chi connectivity index (χ1n) is 9.24. The van der Waals surface area contributed by atoms with E-state index in [0.717, 1.165) is 12.1 Å². The van der Waals surface area contributed by atoms with E-state index >= 15 is 0 Å². The lowest BCUT2D eigenvalue weighted by atomic mass is 10.2. The molecule has 0 unspecified atom stereocenters. The number of nitrogens with zero attached hydrogens (tertiary/aromatic N) is 3. The van der Waals surface area contributed by atoms with Gasteiger partial charge in [0.05, 0.1) is 21.8 Å². The molecule has 0 spiro atoms. The van der Waals surface area contributed by atoms with Crippen molar-refractivity contribution in [2.24, 2.45) is 5.14 Å². The fraction of sp³-hybridized carbons (Fsp3) is 0.158. The number of nitro benzene ring substituents is 1. The van der Waals surface area contributed by atoms with E-state index in [-0.39, 0.29) is 31.1 Å². The number of imidazole rings is 1. The van der Waals surface area contributed by atoms with Gasteiger partial charge in [-0.3, -0.25) is 14.9 Å². The predicted octanol–water partition coefficient (Wildman–Crippen LogP) is 1.69. The van der Waals surface area contributed by atoms with Gasteiger partial charge in [-0.2, -0.15) is 0 Å². The van der Waals surface area contributed by atoms with Crippen molar-refractivity contribution in [1.29, 1.82) is 0 Å². The van der Waals surface area contributed by atoms with E-state index in [1.54, 1.807) is 18.3 Å². The Labute approximate surface area is 182 Å².